The van der Waals surface area contributed by atoms with Gasteiger partial charge in [0.1, 0.15) is 17.5 Å². The fraction of sp³-hybridized carbons (Fsp3) is 0.130. The zero-order chi connectivity index (χ0) is 18.9. The molecule has 0 bridgehead atoms. The molecule has 5 heteroatoms. The Morgan fingerprint density at radius 2 is 1.50 bits per heavy atom. The molecule has 3 aromatic rings. The van der Waals surface area contributed by atoms with Crippen molar-refractivity contribution in [3.8, 4) is 11.5 Å². The van der Waals surface area contributed by atoms with Crippen molar-refractivity contribution in [2.75, 3.05) is 5.75 Å². The zero-order valence-electron chi connectivity index (χ0n) is 15.0. The maximum Gasteiger partial charge on any atom is 0.246 e. The number of para-hydroxylation sites is 2. The normalized spacial score (nSPS) is 17.9. The average molecular weight is 386 g/mol. The van der Waals surface area contributed by atoms with E-state index in [-0.39, 0.29) is 18.0 Å². The van der Waals surface area contributed by atoms with Crippen molar-refractivity contribution >= 4 is 22.7 Å². The van der Waals surface area contributed by atoms with Gasteiger partial charge in [-0.15, -0.1) is 11.8 Å². The molecule has 0 spiro atoms. The molecule has 0 saturated heterocycles. The van der Waals surface area contributed by atoms with Gasteiger partial charge in [0.2, 0.25) is 5.91 Å². The number of nitrogens with one attached hydrogen (secondary N) is 1. The molecule has 0 fully saturated rings. The van der Waals surface area contributed by atoms with Crippen LogP contribution in [-0.2, 0) is 4.79 Å². The minimum absolute atomic E-state index is 0.0602. The molecule has 2 heterocycles. The van der Waals surface area contributed by atoms with Gasteiger partial charge < -0.3 is 10.1 Å². The smallest absolute Gasteiger partial charge is 0.246 e. The molecule has 0 unspecified atom stereocenters. The zero-order valence-corrected chi connectivity index (χ0v) is 15.9. The number of hydrogen-bond acceptors (Lipinski definition) is 4. The molecule has 2 aliphatic rings. The van der Waals surface area contributed by atoms with Crippen molar-refractivity contribution in [1.29, 1.82) is 0 Å². The quantitative estimate of drug-likeness (QED) is 0.718. The summed E-state index contributed by atoms with van der Waals surface area (Å²) in [4.78, 5) is 17.7. The van der Waals surface area contributed by atoms with E-state index in [0.29, 0.717) is 5.75 Å². The van der Waals surface area contributed by atoms with Crippen molar-refractivity contribution < 1.29 is 9.53 Å². The molecule has 3 aromatic carbocycles. The molecule has 0 radical (unpaired) electrons. The van der Waals surface area contributed by atoms with Gasteiger partial charge in [-0.1, -0.05) is 66.7 Å². The van der Waals surface area contributed by atoms with Gasteiger partial charge in [0.05, 0.1) is 11.1 Å². The number of aliphatic imine (C=N–C) groups is 1. The molecule has 1 N–H and O–H groups in total. The molecule has 138 valence electrons. The lowest BCUT2D eigenvalue weighted by Crippen LogP contribution is -2.38. The van der Waals surface area contributed by atoms with Crippen LogP contribution in [0.5, 0.6) is 11.5 Å². The lowest BCUT2D eigenvalue weighted by molar-refractivity contribution is -0.122. The fourth-order valence-electron chi connectivity index (χ4n) is 3.55. The summed E-state index contributed by atoms with van der Waals surface area (Å²) >= 11 is 1.63. The van der Waals surface area contributed by atoms with Crippen LogP contribution in [-0.4, -0.2) is 22.7 Å². The molecular formula is C23H18N2O2S. The fourth-order valence-corrected chi connectivity index (χ4v) is 4.60. The maximum atomic E-state index is 13.0. The molecule has 0 saturated carbocycles. The molecule has 2 aliphatic heterocycles. The first-order valence-electron chi connectivity index (χ1n) is 9.22. The Morgan fingerprint density at radius 3 is 2.18 bits per heavy atom. The summed E-state index contributed by atoms with van der Waals surface area (Å²) in [6, 6.07) is 25.0. The first-order valence-corrected chi connectivity index (χ1v) is 10.2. The molecule has 1 amide bonds. The Labute approximate surface area is 167 Å². The number of nitrogens with zero attached hydrogens (tertiary/aromatic N) is 1. The van der Waals surface area contributed by atoms with Crippen LogP contribution in [0.25, 0.3) is 0 Å². The van der Waals surface area contributed by atoms with E-state index in [0.717, 1.165) is 33.2 Å². The third-order valence-electron chi connectivity index (χ3n) is 4.94. The predicted octanol–water partition coefficient (Wildman–Crippen LogP) is 4.56. The van der Waals surface area contributed by atoms with Gasteiger partial charge in [-0.25, -0.2) is 0 Å². The summed E-state index contributed by atoms with van der Waals surface area (Å²) in [5, 5.41) is 4.13. The Balaban J connectivity index is 1.42. The Bertz CT molecular complexity index is 1020. The summed E-state index contributed by atoms with van der Waals surface area (Å²) in [6.07, 6.45) is 0. The Morgan fingerprint density at radius 1 is 0.893 bits per heavy atom. The van der Waals surface area contributed by atoms with Crippen LogP contribution in [0.15, 0.2) is 83.9 Å². The van der Waals surface area contributed by atoms with Crippen molar-refractivity contribution in [3.63, 3.8) is 0 Å². The Kier molecular flexibility index (Phi) is 4.37. The summed E-state index contributed by atoms with van der Waals surface area (Å²) in [7, 11) is 0. The molecule has 0 aliphatic carbocycles. The third kappa shape index (κ3) is 3.08. The van der Waals surface area contributed by atoms with Crippen molar-refractivity contribution in [2.24, 2.45) is 4.99 Å². The third-order valence-corrected chi connectivity index (χ3v) is 6.04. The van der Waals surface area contributed by atoms with Crippen molar-refractivity contribution in [1.82, 2.24) is 5.32 Å². The first-order chi connectivity index (χ1) is 13.8. The van der Waals surface area contributed by atoms with Gasteiger partial charge in [-0.2, -0.15) is 0 Å². The number of carbonyl (C=O) groups excluding carboxylic acids is 1. The Hall–Kier alpha value is -3.05. The highest BCUT2D eigenvalue weighted by atomic mass is 32.2. The molecule has 4 nitrogen and oxygen atoms in total. The van der Waals surface area contributed by atoms with E-state index in [9.17, 15) is 4.79 Å². The van der Waals surface area contributed by atoms with Crippen LogP contribution >= 0.6 is 11.8 Å². The highest BCUT2D eigenvalue weighted by Gasteiger charge is 2.32. The summed E-state index contributed by atoms with van der Waals surface area (Å²) in [5.74, 6) is 2.15. The summed E-state index contributed by atoms with van der Waals surface area (Å²) in [5.41, 5.74) is 2.99. The largest absolute Gasteiger partial charge is 0.457 e. The topological polar surface area (TPSA) is 50.7 Å². The number of rotatable bonds is 3. The summed E-state index contributed by atoms with van der Waals surface area (Å²) in [6.45, 7) is 0. The maximum absolute atomic E-state index is 13.0. The molecule has 0 aromatic heterocycles. The van der Waals surface area contributed by atoms with E-state index in [1.54, 1.807) is 11.8 Å². The molecular weight excluding hydrogens is 368 g/mol. The second-order valence-electron chi connectivity index (χ2n) is 6.75. The van der Waals surface area contributed by atoms with Gasteiger partial charge in [-0.05, 0) is 12.1 Å². The van der Waals surface area contributed by atoms with Crippen LogP contribution in [0, 0.1) is 0 Å². The average Bonchev–Trinajstić information content (AvgIpc) is 3.25. The number of hydrogen-bond donors (Lipinski definition) is 1. The summed E-state index contributed by atoms with van der Waals surface area (Å²) < 4.78 is 6.01. The second-order valence-corrected chi connectivity index (χ2v) is 7.76. The number of thioether (sulfide) groups is 1. The number of fused-ring (bicyclic) bond motifs is 2. The number of ether oxygens (including phenoxy) is 1. The van der Waals surface area contributed by atoms with Gasteiger partial charge in [0, 0.05) is 22.4 Å². The SMILES string of the molecule is O=C(NC1c2ccccc2Oc2ccccc21)[C@@H]1CSC(c2ccccc2)=N1. The minimum Gasteiger partial charge on any atom is -0.457 e. The molecule has 1 atom stereocenters. The predicted molar refractivity (Wildman–Crippen MR) is 112 cm³/mol. The van der Waals surface area contributed by atoms with Crippen LogP contribution in [0.2, 0.25) is 0 Å². The number of amides is 1. The van der Waals surface area contributed by atoms with Crippen LogP contribution < -0.4 is 10.1 Å². The lowest BCUT2D eigenvalue weighted by Gasteiger charge is -2.29. The highest BCUT2D eigenvalue weighted by molar-refractivity contribution is 8.14. The van der Waals surface area contributed by atoms with Crippen LogP contribution in [0.1, 0.15) is 22.7 Å². The van der Waals surface area contributed by atoms with Crippen LogP contribution in [0.4, 0.5) is 0 Å². The molecule has 5 rings (SSSR count). The van der Waals surface area contributed by atoms with E-state index in [1.807, 2.05) is 78.9 Å². The van der Waals surface area contributed by atoms with Gasteiger partial charge in [0.25, 0.3) is 0 Å². The van der Waals surface area contributed by atoms with E-state index < -0.39 is 0 Å². The standard InChI is InChI=1S/C23H18N2O2S/c26-22(18-14-28-23(24-18)15-8-2-1-3-9-15)25-21-16-10-4-6-12-19(16)27-20-13-7-5-11-17(20)21/h1-13,18,21H,14H2,(H,25,26)/t18-/m0/s1. The van der Waals surface area contributed by atoms with Crippen molar-refractivity contribution in [2.45, 2.75) is 12.1 Å². The van der Waals surface area contributed by atoms with Gasteiger partial charge in [-0.3, -0.25) is 9.79 Å². The van der Waals surface area contributed by atoms with Gasteiger partial charge >= 0.3 is 0 Å². The molecule has 28 heavy (non-hydrogen) atoms. The monoisotopic (exact) mass is 386 g/mol. The second kappa shape index (κ2) is 7.17. The number of carbonyl (C=O) groups is 1. The van der Waals surface area contributed by atoms with Gasteiger partial charge in [0.15, 0.2) is 0 Å². The highest BCUT2D eigenvalue weighted by Crippen LogP contribution is 2.42. The number of benzene rings is 3. The van der Waals surface area contributed by atoms with E-state index in [4.69, 9.17) is 4.74 Å². The van der Waals surface area contributed by atoms with E-state index in [1.165, 1.54) is 0 Å². The first kappa shape index (κ1) is 17.1. The van der Waals surface area contributed by atoms with Crippen LogP contribution in [0.3, 0.4) is 0 Å². The van der Waals surface area contributed by atoms with E-state index >= 15 is 0 Å². The van der Waals surface area contributed by atoms with E-state index in [2.05, 4.69) is 10.3 Å². The van der Waals surface area contributed by atoms with Crippen molar-refractivity contribution in [3.05, 3.63) is 95.6 Å². The lowest BCUT2D eigenvalue weighted by atomic mass is 9.94. The minimum atomic E-state index is -0.387.